The normalized spacial score (nSPS) is 43.5. The van der Waals surface area contributed by atoms with Gasteiger partial charge >= 0.3 is 5.97 Å². The molecule has 1 aliphatic rings. The van der Waals surface area contributed by atoms with E-state index in [1.807, 2.05) is 0 Å². The number of hydrogen-bond donors (Lipinski definition) is 4. The van der Waals surface area contributed by atoms with E-state index in [0.29, 0.717) is 0 Å². The van der Waals surface area contributed by atoms with Crippen molar-refractivity contribution in [2.75, 3.05) is 6.61 Å². The zero-order valence-corrected chi connectivity index (χ0v) is 6.12. The summed E-state index contributed by atoms with van der Waals surface area (Å²) in [6.45, 7) is -0.422. The Morgan fingerprint density at radius 3 is 2.33 bits per heavy atom. The lowest BCUT2D eigenvalue weighted by Gasteiger charge is -2.18. The molecular formula is C6H10O6. The molecule has 6 heteroatoms. The lowest BCUT2D eigenvalue weighted by Crippen LogP contribution is -2.44. The molecule has 0 unspecified atom stereocenters. The van der Waals surface area contributed by atoms with Crippen molar-refractivity contribution in [2.24, 2.45) is 0 Å². The van der Waals surface area contributed by atoms with E-state index in [-0.39, 0.29) is 0 Å². The second kappa shape index (κ2) is 3.36. The maximum absolute atomic E-state index is 10.7. The summed E-state index contributed by atoms with van der Waals surface area (Å²) in [7, 11) is 0. The van der Waals surface area contributed by atoms with Crippen molar-refractivity contribution in [1.29, 1.82) is 0 Å². The first-order chi connectivity index (χ1) is 5.54. The van der Waals surface area contributed by atoms with Crippen LogP contribution in [0.1, 0.15) is 0 Å². The third-order valence-electron chi connectivity index (χ3n) is 1.71. The third kappa shape index (κ3) is 1.56. The summed E-state index contributed by atoms with van der Waals surface area (Å²) in [5.74, 6) is -1.04. The molecule has 0 aromatic carbocycles. The molecule has 0 radical (unpaired) electrons. The van der Waals surface area contributed by atoms with Gasteiger partial charge in [0.15, 0.2) is 6.10 Å². The molecule has 1 fully saturated rings. The van der Waals surface area contributed by atoms with Gasteiger partial charge in [0.2, 0.25) is 0 Å². The fourth-order valence-electron chi connectivity index (χ4n) is 0.905. The summed E-state index contributed by atoms with van der Waals surface area (Å²) in [6, 6.07) is 0. The lowest BCUT2D eigenvalue weighted by atomic mass is 10.1. The molecule has 0 amide bonds. The average molecular weight is 178 g/mol. The lowest BCUT2D eigenvalue weighted by molar-refractivity contribution is -0.158. The Kier molecular flexibility index (Phi) is 2.63. The topological polar surface area (TPSA) is 107 Å². The SMILES string of the molecule is O=C1OC[C@H](O)[C@@H](O)[C@@H](O)[C@@H]1O. The fraction of sp³-hybridized carbons (Fsp3) is 0.833. The quantitative estimate of drug-likeness (QED) is 0.294. The van der Waals surface area contributed by atoms with Gasteiger partial charge in [0, 0.05) is 0 Å². The van der Waals surface area contributed by atoms with Crippen LogP contribution in [-0.4, -0.2) is 57.4 Å². The van der Waals surface area contributed by atoms with E-state index < -0.39 is 37.0 Å². The maximum atomic E-state index is 10.7. The molecule has 0 aliphatic carbocycles. The first-order valence-electron chi connectivity index (χ1n) is 3.43. The zero-order valence-electron chi connectivity index (χ0n) is 6.12. The summed E-state index contributed by atoms with van der Waals surface area (Å²) in [4.78, 5) is 10.7. The molecule has 1 heterocycles. The van der Waals surface area contributed by atoms with E-state index in [2.05, 4.69) is 4.74 Å². The van der Waals surface area contributed by atoms with Gasteiger partial charge in [-0.05, 0) is 0 Å². The van der Waals surface area contributed by atoms with Gasteiger partial charge in [0.25, 0.3) is 0 Å². The largest absolute Gasteiger partial charge is 0.461 e. The second-order valence-corrected chi connectivity index (χ2v) is 2.62. The van der Waals surface area contributed by atoms with Crippen LogP contribution >= 0.6 is 0 Å². The molecule has 1 aliphatic heterocycles. The molecule has 4 N–H and O–H groups in total. The second-order valence-electron chi connectivity index (χ2n) is 2.62. The Morgan fingerprint density at radius 1 is 1.17 bits per heavy atom. The van der Waals surface area contributed by atoms with Crippen LogP contribution in [0.25, 0.3) is 0 Å². The highest BCUT2D eigenvalue weighted by atomic mass is 16.6. The molecule has 12 heavy (non-hydrogen) atoms. The fourth-order valence-corrected chi connectivity index (χ4v) is 0.905. The molecule has 0 spiro atoms. The molecule has 1 rings (SSSR count). The Bertz CT molecular complexity index is 181. The standard InChI is InChI=1S/C6H10O6/c7-2-1-12-6(11)5(10)4(9)3(2)8/h2-5,7-10H,1H2/t2-,3+,4+,5-/m0/s1. The monoisotopic (exact) mass is 178 g/mol. The number of aliphatic hydroxyl groups is 4. The average Bonchev–Trinajstić information content (AvgIpc) is 2.14. The molecule has 0 saturated carbocycles. The number of aliphatic hydroxyl groups excluding tert-OH is 4. The van der Waals surface area contributed by atoms with Crippen molar-refractivity contribution in [3.8, 4) is 0 Å². The van der Waals surface area contributed by atoms with Crippen molar-refractivity contribution < 1.29 is 30.0 Å². The Morgan fingerprint density at radius 2 is 1.75 bits per heavy atom. The summed E-state index contributed by atoms with van der Waals surface area (Å²) in [5.41, 5.74) is 0. The van der Waals surface area contributed by atoms with Crippen LogP contribution < -0.4 is 0 Å². The van der Waals surface area contributed by atoms with Crippen LogP contribution in [-0.2, 0) is 9.53 Å². The molecule has 6 nitrogen and oxygen atoms in total. The summed E-state index contributed by atoms with van der Waals surface area (Å²) in [6.07, 6.45) is -6.42. The van der Waals surface area contributed by atoms with Gasteiger partial charge in [0.1, 0.15) is 24.9 Å². The van der Waals surface area contributed by atoms with Crippen LogP contribution in [0.5, 0.6) is 0 Å². The maximum Gasteiger partial charge on any atom is 0.337 e. The van der Waals surface area contributed by atoms with E-state index in [1.54, 1.807) is 0 Å². The minimum Gasteiger partial charge on any atom is -0.461 e. The van der Waals surface area contributed by atoms with Crippen molar-refractivity contribution in [2.45, 2.75) is 24.4 Å². The highest BCUT2D eigenvalue weighted by molar-refractivity contribution is 5.75. The van der Waals surface area contributed by atoms with E-state index in [4.69, 9.17) is 20.4 Å². The molecule has 1 saturated heterocycles. The third-order valence-corrected chi connectivity index (χ3v) is 1.71. The number of cyclic esters (lactones) is 1. The molecule has 0 bridgehead atoms. The smallest absolute Gasteiger partial charge is 0.337 e. The molecule has 0 aromatic rings. The first kappa shape index (κ1) is 9.40. The van der Waals surface area contributed by atoms with Crippen molar-refractivity contribution in [3.05, 3.63) is 0 Å². The van der Waals surface area contributed by atoms with E-state index in [9.17, 15) is 4.79 Å². The van der Waals surface area contributed by atoms with E-state index in [0.717, 1.165) is 0 Å². The molecule has 4 atom stereocenters. The van der Waals surface area contributed by atoms with Gasteiger partial charge in [-0.1, -0.05) is 0 Å². The Hall–Kier alpha value is -0.690. The predicted molar refractivity (Wildman–Crippen MR) is 35.0 cm³/mol. The first-order valence-corrected chi connectivity index (χ1v) is 3.43. The van der Waals surface area contributed by atoms with Crippen LogP contribution in [0, 0.1) is 0 Å². The van der Waals surface area contributed by atoms with Crippen LogP contribution in [0.4, 0.5) is 0 Å². The van der Waals surface area contributed by atoms with Crippen molar-refractivity contribution >= 4 is 5.97 Å². The van der Waals surface area contributed by atoms with Crippen LogP contribution in [0.2, 0.25) is 0 Å². The molecule has 70 valence electrons. The van der Waals surface area contributed by atoms with Crippen LogP contribution in [0.3, 0.4) is 0 Å². The number of carbonyl (C=O) groups excluding carboxylic acids is 1. The van der Waals surface area contributed by atoms with Crippen LogP contribution in [0.15, 0.2) is 0 Å². The minimum absolute atomic E-state index is 0.422. The summed E-state index contributed by atoms with van der Waals surface area (Å²) in [5, 5.41) is 35.9. The number of rotatable bonds is 0. The van der Waals surface area contributed by atoms with E-state index in [1.165, 1.54) is 0 Å². The summed E-state index contributed by atoms with van der Waals surface area (Å²) >= 11 is 0. The van der Waals surface area contributed by atoms with Gasteiger partial charge < -0.3 is 25.2 Å². The molecule has 0 aromatic heterocycles. The number of carbonyl (C=O) groups is 1. The van der Waals surface area contributed by atoms with Crippen molar-refractivity contribution in [1.82, 2.24) is 0 Å². The molecular weight excluding hydrogens is 168 g/mol. The number of esters is 1. The predicted octanol–water partition coefficient (Wildman–Crippen LogP) is -3.01. The van der Waals surface area contributed by atoms with E-state index >= 15 is 0 Å². The highest BCUT2D eigenvalue weighted by Crippen LogP contribution is 2.11. The van der Waals surface area contributed by atoms with Gasteiger partial charge in [-0.3, -0.25) is 0 Å². The minimum atomic E-state index is -1.79. The Labute approximate surface area is 68.0 Å². The zero-order chi connectivity index (χ0) is 9.30. The number of ether oxygens (including phenoxy) is 1. The van der Waals surface area contributed by atoms with Gasteiger partial charge in [-0.25, -0.2) is 4.79 Å². The summed E-state index contributed by atoms with van der Waals surface area (Å²) < 4.78 is 4.31. The highest BCUT2D eigenvalue weighted by Gasteiger charge is 2.39. The number of hydrogen-bond acceptors (Lipinski definition) is 6. The Balaban J connectivity index is 2.75. The van der Waals surface area contributed by atoms with Gasteiger partial charge in [-0.15, -0.1) is 0 Å². The van der Waals surface area contributed by atoms with Gasteiger partial charge in [0.05, 0.1) is 0 Å². The van der Waals surface area contributed by atoms with Crippen molar-refractivity contribution in [3.63, 3.8) is 0 Å². The van der Waals surface area contributed by atoms with Gasteiger partial charge in [-0.2, -0.15) is 0 Å².